The first-order chi connectivity index (χ1) is 9.82. The fraction of sp³-hybridized carbons (Fsp3) is 0.538. The zero-order valence-electron chi connectivity index (χ0n) is 11.8. The first-order valence-corrected chi connectivity index (χ1v) is 9.69. The second-order valence-electron chi connectivity index (χ2n) is 5.12. The van der Waals surface area contributed by atoms with Crippen LogP contribution in [0.3, 0.4) is 0 Å². The van der Waals surface area contributed by atoms with E-state index in [9.17, 15) is 8.42 Å². The number of rotatable bonds is 4. The van der Waals surface area contributed by atoms with Crippen LogP contribution in [-0.4, -0.2) is 56.6 Å². The molecule has 5 nitrogen and oxygen atoms in total. The van der Waals surface area contributed by atoms with Gasteiger partial charge in [-0.1, -0.05) is 27.5 Å². The molecule has 1 heterocycles. The molecule has 0 saturated carbocycles. The summed E-state index contributed by atoms with van der Waals surface area (Å²) in [5.41, 5.74) is 6.98. The number of nitrogens with two attached hydrogens (primary N) is 1. The molecule has 1 aromatic carbocycles. The van der Waals surface area contributed by atoms with Gasteiger partial charge >= 0.3 is 0 Å². The highest BCUT2D eigenvalue weighted by Gasteiger charge is 2.28. The SMILES string of the molecule is CS(=O)(=O)N1CCN(C(CN)c2cc(Cl)ccc2Br)CC1. The van der Waals surface area contributed by atoms with Crippen LogP contribution in [0, 0.1) is 0 Å². The van der Waals surface area contributed by atoms with E-state index in [0.717, 1.165) is 10.0 Å². The van der Waals surface area contributed by atoms with Crippen LogP contribution < -0.4 is 5.73 Å². The van der Waals surface area contributed by atoms with Crippen LogP contribution in [0.25, 0.3) is 0 Å². The summed E-state index contributed by atoms with van der Waals surface area (Å²) < 4.78 is 25.6. The van der Waals surface area contributed by atoms with Crippen LogP contribution in [0.15, 0.2) is 22.7 Å². The van der Waals surface area contributed by atoms with Crippen LogP contribution >= 0.6 is 27.5 Å². The van der Waals surface area contributed by atoms with E-state index in [2.05, 4.69) is 20.8 Å². The lowest BCUT2D eigenvalue weighted by Crippen LogP contribution is -2.50. The maximum absolute atomic E-state index is 11.6. The summed E-state index contributed by atoms with van der Waals surface area (Å²) in [4.78, 5) is 2.21. The van der Waals surface area contributed by atoms with Gasteiger partial charge in [0.15, 0.2) is 0 Å². The minimum atomic E-state index is -3.12. The Morgan fingerprint density at radius 2 is 1.95 bits per heavy atom. The summed E-state index contributed by atoms with van der Waals surface area (Å²) >= 11 is 9.61. The Hall–Kier alpha value is -0.180. The largest absolute Gasteiger partial charge is 0.329 e. The molecule has 2 N–H and O–H groups in total. The van der Waals surface area contributed by atoms with Crippen LogP contribution in [0.1, 0.15) is 11.6 Å². The number of nitrogens with zero attached hydrogens (tertiary/aromatic N) is 2. The smallest absolute Gasteiger partial charge is 0.211 e. The lowest BCUT2D eigenvalue weighted by molar-refractivity contribution is 0.140. The molecule has 1 atom stereocenters. The quantitative estimate of drug-likeness (QED) is 0.841. The van der Waals surface area contributed by atoms with E-state index < -0.39 is 10.0 Å². The maximum Gasteiger partial charge on any atom is 0.211 e. The predicted octanol–water partition coefficient (Wildman–Crippen LogP) is 1.68. The average Bonchev–Trinajstić information content (AvgIpc) is 2.43. The molecule has 0 spiro atoms. The van der Waals surface area contributed by atoms with Gasteiger partial charge in [-0.25, -0.2) is 8.42 Å². The highest BCUT2D eigenvalue weighted by atomic mass is 79.9. The molecule has 0 aliphatic carbocycles. The minimum Gasteiger partial charge on any atom is -0.329 e. The molecular weight excluding hydrogens is 378 g/mol. The van der Waals surface area contributed by atoms with Gasteiger partial charge in [0, 0.05) is 48.3 Å². The van der Waals surface area contributed by atoms with Crippen molar-refractivity contribution in [1.29, 1.82) is 0 Å². The molecule has 8 heteroatoms. The van der Waals surface area contributed by atoms with Gasteiger partial charge in [0.1, 0.15) is 0 Å². The Labute approximate surface area is 139 Å². The number of hydrogen-bond acceptors (Lipinski definition) is 4. The van der Waals surface area contributed by atoms with E-state index >= 15 is 0 Å². The van der Waals surface area contributed by atoms with Gasteiger partial charge < -0.3 is 5.73 Å². The first kappa shape index (κ1) is 17.2. The summed E-state index contributed by atoms with van der Waals surface area (Å²) in [6.45, 7) is 2.76. The second kappa shape index (κ2) is 6.93. The topological polar surface area (TPSA) is 66.6 Å². The van der Waals surface area contributed by atoms with Crippen molar-refractivity contribution in [2.24, 2.45) is 5.73 Å². The van der Waals surface area contributed by atoms with Gasteiger partial charge in [-0.05, 0) is 23.8 Å². The average molecular weight is 397 g/mol. The summed E-state index contributed by atoms with van der Waals surface area (Å²) in [5, 5.41) is 0.668. The zero-order valence-corrected chi connectivity index (χ0v) is 15.0. The Morgan fingerprint density at radius 1 is 1.33 bits per heavy atom. The van der Waals surface area contributed by atoms with Crippen molar-refractivity contribution in [2.75, 3.05) is 39.0 Å². The lowest BCUT2D eigenvalue weighted by Gasteiger charge is -2.38. The first-order valence-electron chi connectivity index (χ1n) is 6.67. The molecule has 1 unspecified atom stereocenters. The van der Waals surface area contributed by atoms with E-state index in [4.69, 9.17) is 17.3 Å². The number of piperazine rings is 1. The molecule has 118 valence electrons. The Kier molecular flexibility index (Phi) is 5.67. The van der Waals surface area contributed by atoms with Crippen LogP contribution in [0.4, 0.5) is 0 Å². The Balaban J connectivity index is 2.15. The zero-order chi connectivity index (χ0) is 15.6. The highest BCUT2D eigenvalue weighted by Crippen LogP contribution is 2.30. The van der Waals surface area contributed by atoms with Crippen molar-refractivity contribution >= 4 is 37.6 Å². The minimum absolute atomic E-state index is 0.0276. The third-order valence-electron chi connectivity index (χ3n) is 3.72. The molecule has 1 aliphatic rings. The molecule has 1 aliphatic heterocycles. The summed E-state index contributed by atoms with van der Waals surface area (Å²) in [6, 6.07) is 5.67. The van der Waals surface area contributed by atoms with Gasteiger partial charge in [-0.15, -0.1) is 0 Å². The van der Waals surface area contributed by atoms with Crippen molar-refractivity contribution in [2.45, 2.75) is 6.04 Å². The van der Waals surface area contributed by atoms with E-state index in [1.165, 1.54) is 10.6 Å². The fourth-order valence-electron chi connectivity index (χ4n) is 2.59. The molecule has 0 aromatic heterocycles. The van der Waals surface area contributed by atoms with Crippen LogP contribution in [0.2, 0.25) is 5.02 Å². The third kappa shape index (κ3) is 4.18. The van der Waals surface area contributed by atoms with E-state index in [1.807, 2.05) is 18.2 Å². The van der Waals surface area contributed by atoms with Crippen molar-refractivity contribution in [3.63, 3.8) is 0 Å². The number of sulfonamides is 1. The molecule has 1 aromatic rings. The molecule has 0 amide bonds. The van der Waals surface area contributed by atoms with E-state index in [0.29, 0.717) is 37.7 Å². The van der Waals surface area contributed by atoms with Crippen molar-refractivity contribution < 1.29 is 8.42 Å². The van der Waals surface area contributed by atoms with Gasteiger partial charge in [0.25, 0.3) is 0 Å². The fourth-order valence-corrected chi connectivity index (χ4v) is 4.11. The maximum atomic E-state index is 11.6. The standard InChI is InChI=1S/C13H19BrClN3O2S/c1-21(19,20)18-6-4-17(5-7-18)13(9-16)11-8-10(15)2-3-12(11)14/h2-3,8,13H,4-7,9,16H2,1H3. The molecular formula is C13H19BrClN3O2S. The summed E-state index contributed by atoms with van der Waals surface area (Å²) in [7, 11) is -3.12. The van der Waals surface area contributed by atoms with Crippen molar-refractivity contribution in [3.05, 3.63) is 33.3 Å². The van der Waals surface area contributed by atoms with Gasteiger partial charge in [-0.3, -0.25) is 4.90 Å². The second-order valence-corrected chi connectivity index (χ2v) is 8.39. The normalized spacial score (nSPS) is 19.6. The molecule has 0 radical (unpaired) electrons. The van der Waals surface area contributed by atoms with Gasteiger partial charge in [0.2, 0.25) is 10.0 Å². The molecule has 0 bridgehead atoms. The highest BCUT2D eigenvalue weighted by molar-refractivity contribution is 9.10. The Morgan fingerprint density at radius 3 is 2.48 bits per heavy atom. The monoisotopic (exact) mass is 395 g/mol. The van der Waals surface area contributed by atoms with Crippen molar-refractivity contribution in [3.8, 4) is 0 Å². The van der Waals surface area contributed by atoms with Crippen LogP contribution in [-0.2, 0) is 10.0 Å². The van der Waals surface area contributed by atoms with E-state index in [1.54, 1.807) is 0 Å². The number of benzene rings is 1. The van der Waals surface area contributed by atoms with Gasteiger partial charge in [-0.2, -0.15) is 4.31 Å². The lowest BCUT2D eigenvalue weighted by atomic mass is 10.0. The third-order valence-corrected chi connectivity index (χ3v) is 5.98. The summed E-state index contributed by atoms with van der Waals surface area (Å²) in [6.07, 6.45) is 1.25. The predicted molar refractivity (Wildman–Crippen MR) is 88.9 cm³/mol. The Bertz CT molecular complexity index is 603. The molecule has 21 heavy (non-hydrogen) atoms. The molecule has 1 saturated heterocycles. The molecule has 2 rings (SSSR count). The number of halogens is 2. The van der Waals surface area contributed by atoms with Gasteiger partial charge in [0.05, 0.1) is 6.26 Å². The van der Waals surface area contributed by atoms with Crippen LogP contribution in [0.5, 0.6) is 0 Å². The van der Waals surface area contributed by atoms with Crippen molar-refractivity contribution in [1.82, 2.24) is 9.21 Å². The molecule has 1 fully saturated rings. The number of hydrogen-bond donors (Lipinski definition) is 1. The van der Waals surface area contributed by atoms with E-state index in [-0.39, 0.29) is 6.04 Å². The summed E-state index contributed by atoms with van der Waals surface area (Å²) in [5.74, 6) is 0.